The molecule has 1 aromatic rings. The highest BCUT2D eigenvalue weighted by molar-refractivity contribution is 7.89. The molecule has 1 rings (SSSR count). The van der Waals surface area contributed by atoms with Crippen LogP contribution in [0.4, 0.5) is 0 Å². The molecule has 0 bridgehead atoms. The van der Waals surface area contributed by atoms with Crippen molar-refractivity contribution >= 4 is 21.6 Å². The van der Waals surface area contributed by atoms with Crippen LogP contribution in [0, 0.1) is 0 Å². The number of halogens is 1. The molecule has 0 fully saturated rings. The molecule has 0 aliphatic carbocycles. The third-order valence-corrected chi connectivity index (χ3v) is 4.57. The van der Waals surface area contributed by atoms with Gasteiger partial charge < -0.3 is 4.74 Å². The average Bonchev–Trinajstić information content (AvgIpc) is 2.39. The highest BCUT2D eigenvalue weighted by Crippen LogP contribution is 2.10. The van der Waals surface area contributed by atoms with Crippen molar-refractivity contribution in [1.82, 2.24) is 4.31 Å². The van der Waals surface area contributed by atoms with Gasteiger partial charge in [-0.2, -0.15) is 4.31 Å². The number of hydrogen-bond donors (Lipinski definition) is 0. The summed E-state index contributed by atoms with van der Waals surface area (Å²) < 4.78 is 30.9. The monoisotopic (exact) mass is 305 g/mol. The molecule has 19 heavy (non-hydrogen) atoms. The van der Waals surface area contributed by atoms with Crippen molar-refractivity contribution in [3.63, 3.8) is 0 Å². The number of sulfonamides is 1. The van der Waals surface area contributed by atoms with E-state index in [0.29, 0.717) is 19.7 Å². The van der Waals surface area contributed by atoms with Crippen LogP contribution in [-0.4, -0.2) is 44.1 Å². The quantitative estimate of drug-likeness (QED) is 0.518. The molecule has 0 aliphatic rings. The zero-order chi connectivity index (χ0) is 14.1. The Morgan fingerprint density at radius 3 is 2.53 bits per heavy atom. The van der Waals surface area contributed by atoms with Crippen molar-refractivity contribution < 1.29 is 13.2 Å². The minimum Gasteiger partial charge on any atom is -0.381 e. The van der Waals surface area contributed by atoms with Gasteiger partial charge in [0.15, 0.2) is 0 Å². The van der Waals surface area contributed by atoms with E-state index in [-0.39, 0.29) is 18.2 Å². The average molecular weight is 306 g/mol. The van der Waals surface area contributed by atoms with E-state index in [0.717, 1.165) is 5.56 Å². The molecule has 0 aromatic heterocycles. The number of alkyl halides is 1. The zero-order valence-electron chi connectivity index (χ0n) is 11.1. The summed E-state index contributed by atoms with van der Waals surface area (Å²) in [7, 11) is -3.33. The maximum atomic E-state index is 12.2. The Hall–Kier alpha value is -0.620. The molecule has 0 unspecified atom stereocenters. The Kier molecular flexibility index (Phi) is 7.38. The van der Waals surface area contributed by atoms with Gasteiger partial charge in [-0.1, -0.05) is 30.3 Å². The van der Waals surface area contributed by atoms with Crippen LogP contribution in [0.3, 0.4) is 0 Å². The van der Waals surface area contributed by atoms with E-state index in [1.54, 1.807) is 0 Å². The van der Waals surface area contributed by atoms with Gasteiger partial charge in [-0.05, 0) is 12.5 Å². The standard InChI is InChI=1S/C13H20ClNO3S/c1-2-18-10-11-19(16,17)15(9-8-14)12-13-6-4-3-5-7-13/h3-7H,2,8-12H2,1H3. The Bertz CT molecular complexity index is 450. The summed E-state index contributed by atoms with van der Waals surface area (Å²) in [5.41, 5.74) is 0.951. The summed E-state index contributed by atoms with van der Waals surface area (Å²) in [5, 5.41) is 0. The first kappa shape index (κ1) is 16.4. The molecule has 0 heterocycles. The number of benzene rings is 1. The van der Waals surface area contributed by atoms with Crippen LogP contribution in [-0.2, 0) is 21.3 Å². The minimum absolute atomic E-state index is 0.00936. The van der Waals surface area contributed by atoms with E-state index >= 15 is 0 Å². The van der Waals surface area contributed by atoms with E-state index in [2.05, 4.69) is 0 Å². The molecule has 108 valence electrons. The highest BCUT2D eigenvalue weighted by atomic mass is 35.5. The van der Waals surface area contributed by atoms with E-state index in [4.69, 9.17) is 16.3 Å². The second-order valence-electron chi connectivity index (χ2n) is 4.02. The summed E-state index contributed by atoms with van der Waals surface area (Å²) in [4.78, 5) is 0. The third kappa shape index (κ3) is 5.91. The maximum absolute atomic E-state index is 12.2. The molecule has 4 nitrogen and oxygen atoms in total. The minimum atomic E-state index is -3.33. The Labute approximate surface area is 120 Å². The van der Waals surface area contributed by atoms with Gasteiger partial charge in [0.05, 0.1) is 12.4 Å². The fourth-order valence-corrected chi connectivity index (χ4v) is 3.24. The first-order valence-electron chi connectivity index (χ1n) is 6.25. The molecule has 0 radical (unpaired) electrons. The number of ether oxygens (including phenoxy) is 1. The summed E-state index contributed by atoms with van der Waals surface area (Å²) in [6, 6.07) is 9.49. The van der Waals surface area contributed by atoms with Crippen LogP contribution in [0.25, 0.3) is 0 Å². The van der Waals surface area contributed by atoms with Gasteiger partial charge in [0.25, 0.3) is 0 Å². The van der Waals surface area contributed by atoms with Crippen LogP contribution in [0.15, 0.2) is 30.3 Å². The molecular formula is C13H20ClNO3S. The lowest BCUT2D eigenvalue weighted by Crippen LogP contribution is -2.35. The Morgan fingerprint density at radius 2 is 1.95 bits per heavy atom. The second-order valence-corrected chi connectivity index (χ2v) is 6.49. The van der Waals surface area contributed by atoms with Crippen molar-refractivity contribution in [2.75, 3.05) is 31.4 Å². The molecule has 0 aliphatic heterocycles. The molecule has 6 heteroatoms. The Morgan fingerprint density at radius 1 is 1.26 bits per heavy atom. The van der Waals surface area contributed by atoms with Gasteiger partial charge >= 0.3 is 0 Å². The summed E-state index contributed by atoms with van der Waals surface area (Å²) in [5.74, 6) is 0.269. The van der Waals surface area contributed by atoms with Gasteiger partial charge in [-0.25, -0.2) is 8.42 Å². The molecule has 0 saturated heterocycles. The van der Waals surface area contributed by atoms with Gasteiger partial charge in [-0.15, -0.1) is 11.6 Å². The smallest absolute Gasteiger partial charge is 0.216 e. The number of hydrogen-bond acceptors (Lipinski definition) is 3. The van der Waals surface area contributed by atoms with Crippen molar-refractivity contribution in [1.29, 1.82) is 0 Å². The predicted octanol–water partition coefficient (Wildman–Crippen LogP) is 2.09. The predicted molar refractivity (Wildman–Crippen MR) is 77.9 cm³/mol. The van der Waals surface area contributed by atoms with Crippen LogP contribution in [0.2, 0.25) is 0 Å². The van der Waals surface area contributed by atoms with Gasteiger partial charge in [0.2, 0.25) is 10.0 Å². The Balaban J connectivity index is 2.70. The molecule has 0 saturated carbocycles. The highest BCUT2D eigenvalue weighted by Gasteiger charge is 2.21. The van der Waals surface area contributed by atoms with Crippen LogP contribution in [0.1, 0.15) is 12.5 Å². The van der Waals surface area contributed by atoms with Crippen LogP contribution in [0.5, 0.6) is 0 Å². The maximum Gasteiger partial charge on any atom is 0.216 e. The van der Waals surface area contributed by atoms with Gasteiger partial charge in [0.1, 0.15) is 0 Å². The normalized spacial score (nSPS) is 11.9. The van der Waals surface area contributed by atoms with Crippen molar-refractivity contribution in [2.24, 2.45) is 0 Å². The van der Waals surface area contributed by atoms with Crippen molar-refractivity contribution in [3.05, 3.63) is 35.9 Å². The first-order chi connectivity index (χ1) is 9.10. The first-order valence-corrected chi connectivity index (χ1v) is 8.40. The second kappa shape index (κ2) is 8.53. The summed E-state index contributed by atoms with van der Waals surface area (Å²) >= 11 is 5.69. The molecule has 0 N–H and O–H groups in total. The van der Waals surface area contributed by atoms with E-state index in [1.165, 1.54) is 4.31 Å². The number of nitrogens with zero attached hydrogens (tertiary/aromatic N) is 1. The summed E-state index contributed by atoms with van der Waals surface area (Å²) in [6.45, 7) is 3.23. The van der Waals surface area contributed by atoms with E-state index in [1.807, 2.05) is 37.3 Å². The largest absolute Gasteiger partial charge is 0.381 e. The fourth-order valence-electron chi connectivity index (χ4n) is 1.64. The SMILES string of the molecule is CCOCCS(=O)(=O)N(CCCl)Cc1ccccc1. The van der Waals surface area contributed by atoms with Gasteiger partial charge in [-0.3, -0.25) is 0 Å². The van der Waals surface area contributed by atoms with Crippen molar-refractivity contribution in [2.45, 2.75) is 13.5 Å². The lowest BCUT2D eigenvalue weighted by molar-refractivity contribution is 0.162. The fraction of sp³-hybridized carbons (Fsp3) is 0.538. The molecular weight excluding hydrogens is 286 g/mol. The van der Waals surface area contributed by atoms with Crippen molar-refractivity contribution in [3.8, 4) is 0 Å². The topological polar surface area (TPSA) is 46.6 Å². The zero-order valence-corrected chi connectivity index (χ0v) is 12.7. The third-order valence-electron chi connectivity index (χ3n) is 2.62. The van der Waals surface area contributed by atoms with Crippen LogP contribution < -0.4 is 0 Å². The number of rotatable bonds is 9. The molecule has 1 aromatic carbocycles. The van der Waals surface area contributed by atoms with Gasteiger partial charge in [0, 0.05) is 25.6 Å². The van der Waals surface area contributed by atoms with Crippen LogP contribution >= 0.6 is 11.6 Å². The molecule has 0 spiro atoms. The molecule has 0 atom stereocenters. The van der Waals surface area contributed by atoms with E-state index in [9.17, 15) is 8.42 Å². The summed E-state index contributed by atoms with van der Waals surface area (Å²) in [6.07, 6.45) is 0. The lowest BCUT2D eigenvalue weighted by atomic mass is 10.2. The molecule has 0 amide bonds. The lowest BCUT2D eigenvalue weighted by Gasteiger charge is -2.21. The van der Waals surface area contributed by atoms with E-state index < -0.39 is 10.0 Å².